The van der Waals surface area contributed by atoms with Crippen LogP contribution in [0.1, 0.15) is 17.2 Å². The Balaban J connectivity index is 1.91. The third-order valence-corrected chi connectivity index (χ3v) is 3.99. The maximum absolute atomic E-state index is 11.5. The van der Waals surface area contributed by atoms with Crippen LogP contribution in [0.5, 0.6) is 0 Å². The number of aromatic nitrogens is 2. The van der Waals surface area contributed by atoms with Crippen LogP contribution in [-0.4, -0.2) is 14.9 Å². The van der Waals surface area contributed by atoms with Crippen molar-refractivity contribution in [1.29, 1.82) is 0 Å². The van der Waals surface area contributed by atoms with Gasteiger partial charge in [-0.15, -0.1) is 0 Å². The Morgan fingerprint density at radius 2 is 1.62 bits per heavy atom. The summed E-state index contributed by atoms with van der Waals surface area (Å²) in [5.74, 6) is 0.815. The summed E-state index contributed by atoms with van der Waals surface area (Å²) in [6.45, 7) is 0. The van der Waals surface area contributed by atoms with Crippen LogP contribution in [0.3, 0.4) is 0 Å². The van der Waals surface area contributed by atoms with E-state index in [1.807, 2.05) is 66.7 Å². The molecule has 0 fully saturated rings. The molecule has 0 saturated carbocycles. The number of anilines is 1. The number of hydrogen-bond donors (Lipinski definition) is 2. The highest BCUT2D eigenvalue weighted by atomic mass is 16.3. The third kappa shape index (κ3) is 1.69. The van der Waals surface area contributed by atoms with Crippen LogP contribution < -0.4 is 5.32 Å². The van der Waals surface area contributed by atoms with E-state index >= 15 is 0 Å². The lowest BCUT2D eigenvalue weighted by Crippen LogP contribution is -2.38. The fourth-order valence-corrected chi connectivity index (χ4v) is 2.99. The maximum atomic E-state index is 11.5. The van der Waals surface area contributed by atoms with E-state index in [-0.39, 0.29) is 6.04 Å². The third-order valence-electron chi connectivity index (χ3n) is 3.99. The SMILES string of the molecule is OC1(c2ccccc2)C(c2ccccc2)Nc2ccnn21. The normalized spacial score (nSPS) is 23.6. The Bertz CT molecular complexity index is 754. The second kappa shape index (κ2) is 4.46. The Hall–Kier alpha value is -2.59. The van der Waals surface area contributed by atoms with E-state index in [4.69, 9.17) is 0 Å². The molecule has 0 amide bonds. The van der Waals surface area contributed by atoms with Crippen LogP contribution in [0.4, 0.5) is 5.82 Å². The highest BCUT2D eigenvalue weighted by Crippen LogP contribution is 2.44. The molecule has 2 heterocycles. The number of benzene rings is 2. The van der Waals surface area contributed by atoms with Gasteiger partial charge in [-0.05, 0) is 5.56 Å². The average molecular weight is 277 g/mol. The average Bonchev–Trinajstić information content (AvgIpc) is 3.12. The molecule has 2 N–H and O–H groups in total. The molecule has 0 radical (unpaired) electrons. The van der Waals surface area contributed by atoms with Gasteiger partial charge in [0, 0.05) is 11.6 Å². The molecule has 0 aliphatic carbocycles. The first-order chi connectivity index (χ1) is 10.3. The molecule has 4 nitrogen and oxygen atoms in total. The summed E-state index contributed by atoms with van der Waals surface area (Å²) in [6, 6.07) is 21.2. The van der Waals surface area contributed by atoms with E-state index in [0.717, 1.165) is 16.9 Å². The van der Waals surface area contributed by atoms with Gasteiger partial charge in [0.1, 0.15) is 11.9 Å². The lowest BCUT2D eigenvalue weighted by atomic mass is 9.91. The van der Waals surface area contributed by atoms with Crippen molar-refractivity contribution in [3.05, 3.63) is 84.1 Å². The van der Waals surface area contributed by atoms with Gasteiger partial charge >= 0.3 is 0 Å². The first-order valence-electron chi connectivity index (χ1n) is 6.94. The van der Waals surface area contributed by atoms with Crippen molar-refractivity contribution in [2.45, 2.75) is 11.8 Å². The van der Waals surface area contributed by atoms with E-state index in [1.54, 1.807) is 10.9 Å². The number of rotatable bonds is 2. The molecular formula is C17H15N3O. The molecule has 1 aromatic heterocycles. The summed E-state index contributed by atoms with van der Waals surface area (Å²) in [6.07, 6.45) is 1.69. The number of fused-ring (bicyclic) bond motifs is 1. The summed E-state index contributed by atoms with van der Waals surface area (Å²) in [7, 11) is 0. The summed E-state index contributed by atoms with van der Waals surface area (Å²) in [5, 5.41) is 19.1. The van der Waals surface area contributed by atoms with Crippen molar-refractivity contribution >= 4 is 5.82 Å². The molecule has 0 spiro atoms. The first kappa shape index (κ1) is 12.2. The number of nitrogens with one attached hydrogen (secondary N) is 1. The van der Waals surface area contributed by atoms with Crippen LogP contribution in [0.25, 0.3) is 0 Å². The fraction of sp³-hybridized carbons (Fsp3) is 0.118. The molecule has 0 saturated heterocycles. The Kier molecular flexibility index (Phi) is 2.59. The van der Waals surface area contributed by atoms with Crippen molar-refractivity contribution in [3.63, 3.8) is 0 Å². The van der Waals surface area contributed by atoms with Crippen LogP contribution in [0.2, 0.25) is 0 Å². The minimum Gasteiger partial charge on any atom is -0.363 e. The lowest BCUT2D eigenvalue weighted by molar-refractivity contribution is -0.0105. The van der Waals surface area contributed by atoms with Crippen molar-refractivity contribution in [2.24, 2.45) is 0 Å². The van der Waals surface area contributed by atoms with Gasteiger partial charge in [0.2, 0.25) is 5.72 Å². The van der Waals surface area contributed by atoms with Gasteiger partial charge in [-0.1, -0.05) is 60.7 Å². The minimum absolute atomic E-state index is 0.273. The largest absolute Gasteiger partial charge is 0.363 e. The van der Waals surface area contributed by atoms with Gasteiger partial charge in [-0.2, -0.15) is 5.10 Å². The lowest BCUT2D eigenvalue weighted by Gasteiger charge is -2.30. The van der Waals surface area contributed by atoms with Gasteiger partial charge in [-0.25, -0.2) is 4.68 Å². The molecule has 21 heavy (non-hydrogen) atoms. The van der Waals surface area contributed by atoms with E-state index in [0.29, 0.717) is 0 Å². The molecule has 1 aliphatic heterocycles. The molecule has 0 bridgehead atoms. The topological polar surface area (TPSA) is 50.1 Å². The quantitative estimate of drug-likeness (QED) is 0.757. The van der Waals surface area contributed by atoms with Crippen molar-refractivity contribution in [2.75, 3.05) is 5.32 Å². The van der Waals surface area contributed by atoms with Gasteiger partial charge in [0.15, 0.2) is 0 Å². The van der Waals surface area contributed by atoms with Gasteiger partial charge in [-0.3, -0.25) is 0 Å². The molecule has 104 valence electrons. The van der Waals surface area contributed by atoms with Crippen LogP contribution in [-0.2, 0) is 5.72 Å². The predicted molar refractivity (Wildman–Crippen MR) is 80.8 cm³/mol. The summed E-state index contributed by atoms with van der Waals surface area (Å²) in [5.41, 5.74) is 0.602. The van der Waals surface area contributed by atoms with Crippen molar-refractivity contribution in [1.82, 2.24) is 9.78 Å². The highest BCUT2D eigenvalue weighted by molar-refractivity contribution is 5.49. The summed E-state index contributed by atoms with van der Waals surface area (Å²) in [4.78, 5) is 0. The molecule has 1 aliphatic rings. The summed E-state index contributed by atoms with van der Waals surface area (Å²) < 4.78 is 1.65. The number of hydrogen-bond acceptors (Lipinski definition) is 3. The fourth-order valence-electron chi connectivity index (χ4n) is 2.99. The molecule has 4 rings (SSSR count). The Morgan fingerprint density at radius 1 is 0.952 bits per heavy atom. The smallest absolute Gasteiger partial charge is 0.211 e. The van der Waals surface area contributed by atoms with E-state index < -0.39 is 5.72 Å². The molecular weight excluding hydrogens is 262 g/mol. The molecule has 2 aromatic carbocycles. The maximum Gasteiger partial charge on any atom is 0.211 e. The molecule has 2 atom stereocenters. The van der Waals surface area contributed by atoms with Gasteiger partial charge < -0.3 is 10.4 Å². The molecule has 2 unspecified atom stereocenters. The summed E-state index contributed by atoms with van der Waals surface area (Å²) >= 11 is 0. The van der Waals surface area contributed by atoms with Gasteiger partial charge in [0.25, 0.3) is 0 Å². The van der Waals surface area contributed by atoms with Crippen molar-refractivity contribution in [3.8, 4) is 0 Å². The second-order valence-corrected chi connectivity index (χ2v) is 5.21. The zero-order chi connectivity index (χ0) is 14.3. The predicted octanol–water partition coefficient (Wildman–Crippen LogP) is 2.74. The number of nitrogens with zero attached hydrogens (tertiary/aromatic N) is 2. The van der Waals surface area contributed by atoms with Crippen molar-refractivity contribution < 1.29 is 5.11 Å². The first-order valence-corrected chi connectivity index (χ1v) is 6.94. The minimum atomic E-state index is -1.23. The van der Waals surface area contributed by atoms with Crippen LogP contribution in [0, 0.1) is 0 Å². The molecule has 4 heteroatoms. The Labute approximate surface area is 122 Å². The monoisotopic (exact) mass is 277 g/mol. The highest BCUT2D eigenvalue weighted by Gasteiger charge is 2.48. The van der Waals surface area contributed by atoms with Crippen LogP contribution >= 0.6 is 0 Å². The zero-order valence-electron chi connectivity index (χ0n) is 11.3. The second-order valence-electron chi connectivity index (χ2n) is 5.21. The van der Waals surface area contributed by atoms with E-state index in [9.17, 15) is 5.11 Å². The Morgan fingerprint density at radius 3 is 2.33 bits per heavy atom. The van der Waals surface area contributed by atoms with Gasteiger partial charge in [0.05, 0.1) is 6.20 Å². The van der Waals surface area contributed by atoms with Crippen LogP contribution in [0.15, 0.2) is 72.9 Å². The van der Waals surface area contributed by atoms with E-state index in [2.05, 4.69) is 10.4 Å². The molecule has 3 aromatic rings. The number of aliphatic hydroxyl groups is 1. The van der Waals surface area contributed by atoms with E-state index in [1.165, 1.54) is 0 Å². The standard InChI is InChI=1S/C17H15N3O/c21-17(14-9-5-2-6-10-14)16(13-7-3-1-4-8-13)19-15-11-12-18-20(15)17/h1-12,16,19,21H. The zero-order valence-corrected chi connectivity index (χ0v) is 11.3.